The van der Waals surface area contributed by atoms with Gasteiger partial charge < -0.3 is 9.47 Å². The lowest BCUT2D eigenvalue weighted by Crippen LogP contribution is -2.40. The van der Waals surface area contributed by atoms with Gasteiger partial charge in [0.25, 0.3) is 0 Å². The van der Waals surface area contributed by atoms with Gasteiger partial charge in [-0.05, 0) is 24.3 Å². The SMILES string of the molecule is O=S(=O)(c1ccc(SCCOc2ccccc2Cl)nc1)N1CCOCC1. The fraction of sp³-hybridized carbons (Fsp3) is 0.353. The maximum atomic E-state index is 12.5. The Morgan fingerprint density at radius 1 is 1.19 bits per heavy atom. The second-order valence-corrected chi connectivity index (χ2v) is 8.94. The number of para-hydroxylation sites is 1. The first kappa shape index (κ1) is 19.4. The van der Waals surface area contributed by atoms with Gasteiger partial charge in [0, 0.05) is 25.0 Å². The third-order valence-electron chi connectivity index (χ3n) is 3.74. The summed E-state index contributed by atoms with van der Waals surface area (Å²) in [6, 6.07) is 10.6. The Bertz CT molecular complexity index is 825. The summed E-state index contributed by atoms with van der Waals surface area (Å²) in [6.45, 7) is 2.07. The van der Waals surface area contributed by atoms with Crippen molar-refractivity contribution in [2.75, 3.05) is 38.7 Å². The predicted octanol–water partition coefficient (Wildman–Crippen LogP) is 2.93. The maximum absolute atomic E-state index is 12.5. The highest BCUT2D eigenvalue weighted by atomic mass is 35.5. The summed E-state index contributed by atoms with van der Waals surface area (Å²) in [5.74, 6) is 1.32. The Morgan fingerprint density at radius 2 is 1.96 bits per heavy atom. The molecule has 3 rings (SSSR count). The van der Waals surface area contributed by atoms with Crippen LogP contribution in [-0.2, 0) is 14.8 Å². The normalized spacial score (nSPS) is 15.7. The zero-order chi connectivity index (χ0) is 18.4. The van der Waals surface area contributed by atoms with Crippen LogP contribution in [0.1, 0.15) is 0 Å². The number of sulfonamides is 1. The van der Waals surface area contributed by atoms with E-state index in [0.29, 0.717) is 49.4 Å². The first-order valence-corrected chi connectivity index (χ1v) is 10.9. The van der Waals surface area contributed by atoms with Crippen LogP contribution in [0.2, 0.25) is 5.02 Å². The third kappa shape index (κ3) is 4.89. The van der Waals surface area contributed by atoms with Crippen LogP contribution in [0.4, 0.5) is 0 Å². The predicted molar refractivity (Wildman–Crippen MR) is 101 cm³/mol. The Labute approximate surface area is 162 Å². The van der Waals surface area contributed by atoms with Crippen molar-refractivity contribution in [1.29, 1.82) is 0 Å². The zero-order valence-corrected chi connectivity index (χ0v) is 16.4. The van der Waals surface area contributed by atoms with Crippen molar-refractivity contribution in [3.05, 3.63) is 47.6 Å². The highest BCUT2D eigenvalue weighted by Gasteiger charge is 2.26. The van der Waals surface area contributed by atoms with Crippen LogP contribution in [0, 0.1) is 0 Å². The van der Waals surface area contributed by atoms with Crippen molar-refractivity contribution in [2.45, 2.75) is 9.92 Å². The smallest absolute Gasteiger partial charge is 0.244 e. The summed E-state index contributed by atoms with van der Waals surface area (Å²) < 4.78 is 37.3. The van der Waals surface area contributed by atoms with Crippen molar-refractivity contribution in [2.24, 2.45) is 0 Å². The maximum Gasteiger partial charge on any atom is 0.244 e. The fourth-order valence-electron chi connectivity index (χ4n) is 2.40. The van der Waals surface area contributed by atoms with E-state index < -0.39 is 10.0 Å². The van der Waals surface area contributed by atoms with Gasteiger partial charge in [-0.2, -0.15) is 4.31 Å². The minimum Gasteiger partial charge on any atom is -0.491 e. The van der Waals surface area contributed by atoms with E-state index >= 15 is 0 Å². The lowest BCUT2D eigenvalue weighted by Gasteiger charge is -2.25. The second kappa shape index (κ2) is 9.05. The van der Waals surface area contributed by atoms with Crippen molar-refractivity contribution < 1.29 is 17.9 Å². The molecule has 1 aromatic heterocycles. The van der Waals surface area contributed by atoms with E-state index in [2.05, 4.69) is 4.98 Å². The molecule has 140 valence electrons. The van der Waals surface area contributed by atoms with Gasteiger partial charge >= 0.3 is 0 Å². The zero-order valence-electron chi connectivity index (χ0n) is 14.0. The number of thioether (sulfide) groups is 1. The molecule has 0 amide bonds. The Morgan fingerprint density at radius 3 is 2.65 bits per heavy atom. The van der Waals surface area contributed by atoms with E-state index in [4.69, 9.17) is 21.1 Å². The molecule has 0 atom stereocenters. The van der Waals surface area contributed by atoms with E-state index in [1.54, 1.807) is 18.2 Å². The molecule has 0 unspecified atom stereocenters. The first-order valence-electron chi connectivity index (χ1n) is 8.11. The quantitative estimate of drug-likeness (QED) is 0.512. The Kier molecular flexibility index (Phi) is 6.77. The average molecular weight is 415 g/mol. The van der Waals surface area contributed by atoms with Gasteiger partial charge in [-0.3, -0.25) is 0 Å². The summed E-state index contributed by atoms with van der Waals surface area (Å²) in [5.41, 5.74) is 0. The van der Waals surface area contributed by atoms with Crippen molar-refractivity contribution in [3.63, 3.8) is 0 Å². The number of hydrogen-bond acceptors (Lipinski definition) is 6. The average Bonchev–Trinajstić information content (AvgIpc) is 2.67. The molecule has 0 N–H and O–H groups in total. The van der Waals surface area contributed by atoms with Crippen LogP contribution < -0.4 is 4.74 Å². The molecule has 1 aromatic carbocycles. The molecule has 0 bridgehead atoms. The summed E-state index contributed by atoms with van der Waals surface area (Å²) >= 11 is 7.52. The van der Waals surface area contributed by atoms with Crippen LogP contribution in [0.25, 0.3) is 0 Å². The van der Waals surface area contributed by atoms with E-state index in [0.717, 1.165) is 5.03 Å². The number of aromatic nitrogens is 1. The molecule has 0 spiro atoms. The number of morpholine rings is 1. The van der Waals surface area contributed by atoms with Crippen LogP contribution in [0.5, 0.6) is 5.75 Å². The van der Waals surface area contributed by atoms with Gasteiger partial charge in [-0.25, -0.2) is 13.4 Å². The molecule has 6 nitrogen and oxygen atoms in total. The number of nitrogens with zero attached hydrogens (tertiary/aromatic N) is 2. The lowest BCUT2D eigenvalue weighted by atomic mass is 10.3. The molecule has 0 saturated carbocycles. The van der Waals surface area contributed by atoms with Crippen LogP contribution in [-0.4, -0.2) is 56.4 Å². The van der Waals surface area contributed by atoms with Crippen molar-refractivity contribution in [1.82, 2.24) is 9.29 Å². The molecule has 9 heteroatoms. The summed E-state index contributed by atoms with van der Waals surface area (Å²) in [7, 11) is -3.50. The van der Waals surface area contributed by atoms with Gasteiger partial charge in [-0.15, -0.1) is 11.8 Å². The monoisotopic (exact) mass is 414 g/mol. The largest absolute Gasteiger partial charge is 0.491 e. The standard InChI is InChI=1S/C17H19ClN2O4S2/c18-15-3-1-2-4-16(15)24-11-12-25-17-6-5-14(13-19-17)26(21,22)20-7-9-23-10-8-20/h1-6,13H,7-12H2. The number of halogens is 1. The highest BCUT2D eigenvalue weighted by Crippen LogP contribution is 2.24. The summed E-state index contributed by atoms with van der Waals surface area (Å²) in [4.78, 5) is 4.45. The topological polar surface area (TPSA) is 68.7 Å². The lowest BCUT2D eigenvalue weighted by molar-refractivity contribution is 0.0730. The molecule has 1 aliphatic heterocycles. The van der Waals surface area contributed by atoms with Gasteiger partial charge in [0.2, 0.25) is 10.0 Å². The van der Waals surface area contributed by atoms with E-state index in [9.17, 15) is 8.42 Å². The van der Waals surface area contributed by atoms with Crippen LogP contribution in [0.15, 0.2) is 52.5 Å². The molecular formula is C17H19ClN2O4S2. The van der Waals surface area contributed by atoms with Crippen LogP contribution >= 0.6 is 23.4 Å². The molecule has 1 saturated heterocycles. The fourth-order valence-corrected chi connectivity index (χ4v) is 4.61. The minimum atomic E-state index is -3.50. The third-order valence-corrected chi connectivity index (χ3v) is 6.85. The van der Waals surface area contributed by atoms with E-state index in [1.807, 2.05) is 18.2 Å². The van der Waals surface area contributed by atoms with Crippen LogP contribution in [0.3, 0.4) is 0 Å². The molecular weight excluding hydrogens is 396 g/mol. The number of pyridine rings is 1. The minimum absolute atomic E-state index is 0.205. The van der Waals surface area contributed by atoms with Crippen molar-refractivity contribution in [3.8, 4) is 5.75 Å². The number of benzene rings is 1. The molecule has 2 heterocycles. The molecule has 26 heavy (non-hydrogen) atoms. The number of ether oxygens (including phenoxy) is 2. The van der Waals surface area contributed by atoms with Gasteiger partial charge in [0.15, 0.2) is 0 Å². The Balaban J connectivity index is 1.52. The summed E-state index contributed by atoms with van der Waals surface area (Å²) in [6.07, 6.45) is 1.40. The first-order chi connectivity index (χ1) is 12.6. The molecule has 2 aromatic rings. The number of hydrogen-bond donors (Lipinski definition) is 0. The molecule has 0 aliphatic carbocycles. The summed E-state index contributed by atoms with van der Waals surface area (Å²) in [5, 5.41) is 1.32. The molecule has 0 radical (unpaired) electrons. The molecule has 1 aliphatic rings. The van der Waals surface area contributed by atoms with E-state index in [1.165, 1.54) is 22.3 Å². The second-order valence-electron chi connectivity index (χ2n) is 5.48. The Hall–Kier alpha value is -1.32. The van der Waals surface area contributed by atoms with Gasteiger partial charge in [0.1, 0.15) is 10.6 Å². The highest BCUT2D eigenvalue weighted by molar-refractivity contribution is 7.99. The van der Waals surface area contributed by atoms with Gasteiger partial charge in [0.05, 0.1) is 29.9 Å². The van der Waals surface area contributed by atoms with E-state index in [-0.39, 0.29) is 4.90 Å². The van der Waals surface area contributed by atoms with Crippen molar-refractivity contribution >= 4 is 33.4 Å². The number of rotatable bonds is 7. The molecule has 1 fully saturated rings. The van der Waals surface area contributed by atoms with Gasteiger partial charge in [-0.1, -0.05) is 23.7 Å².